The molecule has 2 nitrogen and oxygen atoms in total. The van der Waals surface area contributed by atoms with Crippen molar-refractivity contribution >= 4 is 5.97 Å². The smallest absolute Gasteiger partial charge is 0.309 e. The number of fused-ring (bicyclic) bond motifs is 2. The first-order valence-corrected chi connectivity index (χ1v) is 6.55. The summed E-state index contributed by atoms with van der Waals surface area (Å²) in [5, 5.41) is 0. The molecule has 0 N–H and O–H groups in total. The van der Waals surface area contributed by atoms with Crippen molar-refractivity contribution in [3.05, 3.63) is 12.2 Å². The van der Waals surface area contributed by atoms with Gasteiger partial charge in [-0.3, -0.25) is 4.79 Å². The normalized spacial score (nSPS) is 33.0. The average Bonchev–Trinajstić information content (AvgIpc) is 2.88. The standard InChI is InChI=1S/C14H22O2/c1-3-4-10(2)9-16-14(15)13-8-11-5-6-12(13)7-11/h5-6,10-13H,3-4,7-9H2,1-2H3. The monoisotopic (exact) mass is 222 g/mol. The second-order valence-electron chi connectivity index (χ2n) is 5.41. The van der Waals surface area contributed by atoms with Crippen LogP contribution in [0.15, 0.2) is 12.2 Å². The summed E-state index contributed by atoms with van der Waals surface area (Å²) in [4.78, 5) is 11.9. The first kappa shape index (κ1) is 11.7. The minimum absolute atomic E-state index is 0.0415. The van der Waals surface area contributed by atoms with Gasteiger partial charge in [0, 0.05) is 0 Å². The minimum Gasteiger partial charge on any atom is -0.465 e. The molecule has 0 heterocycles. The summed E-state index contributed by atoms with van der Waals surface area (Å²) in [5.41, 5.74) is 0. The molecule has 2 aliphatic rings. The van der Waals surface area contributed by atoms with Crippen molar-refractivity contribution < 1.29 is 9.53 Å². The zero-order chi connectivity index (χ0) is 11.5. The van der Waals surface area contributed by atoms with Gasteiger partial charge >= 0.3 is 5.97 Å². The Kier molecular flexibility index (Phi) is 3.67. The fourth-order valence-electron chi connectivity index (χ4n) is 2.96. The fraction of sp³-hybridized carbons (Fsp3) is 0.786. The fourth-order valence-corrected chi connectivity index (χ4v) is 2.96. The van der Waals surface area contributed by atoms with Crippen molar-refractivity contribution in [2.24, 2.45) is 23.7 Å². The molecule has 0 amide bonds. The van der Waals surface area contributed by atoms with Gasteiger partial charge in [0.05, 0.1) is 12.5 Å². The van der Waals surface area contributed by atoms with Crippen molar-refractivity contribution in [1.82, 2.24) is 0 Å². The number of allylic oxidation sites excluding steroid dienone is 2. The van der Waals surface area contributed by atoms with E-state index < -0.39 is 0 Å². The summed E-state index contributed by atoms with van der Waals surface area (Å²) in [7, 11) is 0. The number of esters is 1. The molecule has 2 aliphatic carbocycles. The van der Waals surface area contributed by atoms with Gasteiger partial charge in [-0.25, -0.2) is 0 Å². The summed E-state index contributed by atoms with van der Waals surface area (Å²) in [6.07, 6.45) is 8.95. The third-order valence-corrected chi connectivity index (χ3v) is 3.87. The summed E-state index contributed by atoms with van der Waals surface area (Å²) in [6.45, 7) is 4.92. The van der Waals surface area contributed by atoms with Gasteiger partial charge < -0.3 is 4.74 Å². The first-order valence-electron chi connectivity index (χ1n) is 6.55. The summed E-state index contributed by atoms with van der Waals surface area (Å²) < 4.78 is 5.42. The van der Waals surface area contributed by atoms with Crippen LogP contribution in [0.25, 0.3) is 0 Å². The molecule has 0 aromatic carbocycles. The van der Waals surface area contributed by atoms with E-state index in [9.17, 15) is 4.79 Å². The number of carbonyl (C=O) groups is 1. The van der Waals surface area contributed by atoms with E-state index in [4.69, 9.17) is 4.74 Å². The summed E-state index contributed by atoms with van der Waals surface area (Å²) >= 11 is 0. The third kappa shape index (κ3) is 2.47. The highest BCUT2D eigenvalue weighted by atomic mass is 16.5. The largest absolute Gasteiger partial charge is 0.465 e. The Morgan fingerprint density at radius 2 is 2.25 bits per heavy atom. The van der Waals surface area contributed by atoms with Crippen molar-refractivity contribution in [1.29, 1.82) is 0 Å². The Morgan fingerprint density at radius 1 is 1.44 bits per heavy atom. The lowest BCUT2D eigenvalue weighted by Crippen LogP contribution is -2.23. The lowest BCUT2D eigenvalue weighted by Gasteiger charge is -2.18. The van der Waals surface area contributed by atoms with Crippen LogP contribution in [0.5, 0.6) is 0 Å². The van der Waals surface area contributed by atoms with Crippen LogP contribution in [-0.2, 0) is 9.53 Å². The van der Waals surface area contributed by atoms with Crippen LogP contribution in [-0.4, -0.2) is 12.6 Å². The quantitative estimate of drug-likeness (QED) is 0.527. The minimum atomic E-state index is 0.0415. The summed E-state index contributed by atoms with van der Waals surface area (Å²) in [5.74, 6) is 1.82. The molecule has 0 aromatic rings. The van der Waals surface area contributed by atoms with Gasteiger partial charge in [0.1, 0.15) is 0 Å². The Morgan fingerprint density at radius 3 is 2.81 bits per heavy atom. The van der Waals surface area contributed by atoms with Gasteiger partial charge in [-0.2, -0.15) is 0 Å². The van der Waals surface area contributed by atoms with E-state index in [1.165, 1.54) is 6.42 Å². The van der Waals surface area contributed by atoms with Crippen LogP contribution in [0.3, 0.4) is 0 Å². The molecule has 0 saturated heterocycles. The highest BCUT2D eigenvalue weighted by molar-refractivity contribution is 5.74. The van der Waals surface area contributed by atoms with Gasteiger partial charge in [0.2, 0.25) is 0 Å². The maximum absolute atomic E-state index is 11.9. The van der Waals surface area contributed by atoms with Crippen LogP contribution >= 0.6 is 0 Å². The molecular formula is C14H22O2. The van der Waals surface area contributed by atoms with Crippen LogP contribution in [0.1, 0.15) is 39.5 Å². The molecule has 0 radical (unpaired) electrons. The van der Waals surface area contributed by atoms with Crippen LogP contribution < -0.4 is 0 Å². The number of ether oxygens (including phenoxy) is 1. The predicted molar refractivity (Wildman–Crippen MR) is 63.9 cm³/mol. The Labute approximate surface area is 98.1 Å². The maximum Gasteiger partial charge on any atom is 0.309 e. The van der Waals surface area contributed by atoms with Gasteiger partial charge in [-0.05, 0) is 37.0 Å². The van der Waals surface area contributed by atoms with E-state index >= 15 is 0 Å². The van der Waals surface area contributed by atoms with E-state index in [0.717, 1.165) is 19.3 Å². The first-order chi connectivity index (χ1) is 7.70. The maximum atomic E-state index is 11.9. The molecule has 0 aromatic heterocycles. The Bertz CT molecular complexity index is 282. The van der Waals surface area contributed by atoms with Crippen molar-refractivity contribution in [3.8, 4) is 0 Å². The topological polar surface area (TPSA) is 26.3 Å². The van der Waals surface area contributed by atoms with E-state index in [-0.39, 0.29) is 11.9 Å². The molecule has 2 bridgehead atoms. The lowest BCUT2D eigenvalue weighted by molar-refractivity contribution is -0.150. The molecule has 90 valence electrons. The van der Waals surface area contributed by atoms with Crippen LogP contribution in [0.2, 0.25) is 0 Å². The van der Waals surface area contributed by atoms with E-state index in [1.54, 1.807) is 0 Å². The third-order valence-electron chi connectivity index (χ3n) is 3.87. The predicted octanol–water partition coefficient (Wildman–Crippen LogP) is 3.18. The second kappa shape index (κ2) is 5.03. The average molecular weight is 222 g/mol. The molecule has 1 saturated carbocycles. The number of carbonyl (C=O) groups excluding carboxylic acids is 1. The van der Waals surface area contributed by atoms with Gasteiger partial charge in [-0.1, -0.05) is 32.4 Å². The zero-order valence-corrected chi connectivity index (χ0v) is 10.3. The molecule has 0 spiro atoms. The molecule has 4 unspecified atom stereocenters. The Balaban J connectivity index is 1.74. The highest BCUT2D eigenvalue weighted by Crippen LogP contribution is 2.43. The second-order valence-corrected chi connectivity index (χ2v) is 5.41. The molecule has 2 heteroatoms. The number of hydrogen-bond donors (Lipinski definition) is 0. The van der Waals surface area contributed by atoms with Crippen molar-refractivity contribution in [3.63, 3.8) is 0 Å². The van der Waals surface area contributed by atoms with Crippen molar-refractivity contribution in [2.75, 3.05) is 6.61 Å². The number of hydrogen-bond acceptors (Lipinski definition) is 2. The SMILES string of the molecule is CCCC(C)COC(=O)C1CC2C=CC1C2. The lowest BCUT2D eigenvalue weighted by atomic mass is 9.94. The van der Waals surface area contributed by atoms with Crippen LogP contribution in [0.4, 0.5) is 0 Å². The van der Waals surface area contributed by atoms with Gasteiger partial charge in [-0.15, -0.1) is 0 Å². The van der Waals surface area contributed by atoms with E-state index in [2.05, 4.69) is 26.0 Å². The van der Waals surface area contributed by atoms with Crippen molar-refractivity contribution in [2.45, 2.75) is 39.5 Å². The van der Waals surface area contributed by atoms with E-state index in [1.807, 2.05) is 0 Å². The molecule has 1 fully saturated rings. The number of rotatable bonds is 5. The summed E-state index contributed by atoms with van der Waals surface area (Å²) in [6, 6.07) is 0. The Hall–Kier alpha value is -0.790. The molecule has 0 aliphatic heterocycles. The van der Waals surface area contributed by atoms with Gasteiger partial charge in [0.15, 0.2) is 0 Å². The molecule has 2 rings (SSSR count). The molecule has 16 heavy (non-hydrogen) atoms. The van der Waals surface area contributed by atoms with E-state index in [0.29, 0.717) is 24.4 Å². The zero-order valence-electron chi connectivity index (χ0n) is 10.3. The molecular weight excluding hydrogens is 200 g/mol. The highest BCUT2D eigenvalue weighted by Gasteiger charge is 2.40. The van der Waals surface area contributed by atoms with Gasteiger partial charge in [0.25, 0.3) is 0 Å². The van der Waals surface area contributed by atoms with Crippen LogP contribution in [0, 0.1) is 23.7 Å². The molecule has 4 atom stereocenters.